The van der Waals surface area contributed by atoms with E-state index in [1.165, 1.54) is 24.1 Å². The van der Waals surface area contributed by atoms with Crippen molar-refractivity contribution in [3.8, 4) is 5.75 Å². The number of carbonyl (C=O) groups excluding carboxylic acids is 2. The fourth-order valence-corrected chi connectivity index (χ4v) is 7.87. The molecule has 1 saturated carbocycles. The molecule has 2 amide bonds. The molecule has 1 N–H and O–H groups in total. The molecule has 8 nitrogen and oxygen atoms in total. The number of nitrogens with one attached hydrogen (secondary N) is 1. The first-order chi connectivity index (χ1) is 22.7. The molecule has 1 aliphatic carbocycles. The molecular weight excluding hydrogens is 678 g/mol. The van der Waals surface area contributed by atoms with Gasteiger partial charge in [0, 0.05) is 23.5 Å². The van der Waals surface area contributed by atoms with Gasteiger partial charge in [0.1, 0.15) is 18.3 Å². The van der Waals surface area contributed by atoms with Gasteiger partial charge in [-0.1, -0.05) is 95.5 Å². The van der Waals surface area contributed by atoms with Gasteiger partial charge in [0.25, 0.3) is 10.0 Å². The summed E-state index contributed by atoms with van der Waals surface area (Å²) in [5.41, 5.74) is 2.72. The third-order valence-corrected chi connectivity index (χ3v) is 10.7. The quantitative estimate of drug-likeness (QED) is 0.167. The summed E-state index contributed by atoms with van der Waals surface area (Å²) >= 11 is 3.53. The van der Waals surface area contributed by atoms with Crippen molar-refractivity contribution in [1.29, 1.82) is 0 Å². The van der Waals surface area contributed by atoms with Crippen LogP contribution in [0.2, 0.25) is 0 Å². The van der Waals surface area contributed by atoms with Crippen LogP contribution in [0, 0.1) is 6.92 Å². The summed E-state index contributed by atoms with van der Waals surface area (Å²) in [6.45, 7) is 1.39. The van der Waals surface area contributed by atoms with E-state index in [0.717, 1.165) is 51.2 Å². The monoisotopic (exact) mass is 717 g/mol. The number of halogens is 1. The molecule has 0 aromatic heterocycles. The maximum absolute atomic E-state index is 14.7. The summed E-state index contributed by atoms with van der Waals surface area (Å²) in [4.78, 5) is 30.5. The van der Waals surface area contributed by atoms with Gasteiger partial charge in [-0.2, -0.15) is 0 Å². The number of rotatable bonds is 13. The van der Waals surface area contributed by atoms with Crippen LogP contribution in [0.15, 0.2) is 112 Å². The second kappa shape index (κ2) is 15.6. The van der Waals surface area contributed by atoms with Crippen molar-refractivity contribution in [2.45, 2.75) is 62.6 Å². The molecule has 1 aliphatic rings. The first kappa shape index (κ1) is 34.2. The number of methoxy groups -OCH3 is 1. The van der Waals surface area contributed by atoms with E-state index in [9.17, 15) is 18.0 Å². The zero-order valence-corrected chi connectivity index (χ0v) is 29.0. The predicted octanol–water partition coefficient (Wildman–Crippen LogP) is 6.66. The van der Waals surface area contributed by atoms with Crippen LogP contribution in [-0.4, -0.2) is 50.9 Å². The topological polar surface area (TPSA) is 96.0 Å². The molecule has 10 heteroatoms. The van der Waals surface area contributed by atoms with Gasteiger partial charge < -0.3 is 15.0 Å². The highest BCUT2D eigenvalue weighted by Crippen LogP contribution is 2.34. The molecular formula is C37H40BrN3O5S. The number of anilines is 1. The summed E-state index contributed by atoms with van der Waals surface area (Å²) in [6, 6.07) is 29.5. The van der Waals surface area contributed by atoms with Crippen molar-refractivity contribution in [2.24, 2.45) is 0 Å². The lowest BCUT2D eigenvalue weighted by atomic mass is 10.0. The number of ether oxygens (including phenoxy) is 1. The van der Waals surface area contributed by atoms with Crippen LogP contribution < -0.4 is 14.4 Å². The number of hydrogen-bond donors (Lipinski definition) is 1. The van der Waals surface area contributed by atoms with Gasteiger partial charge in [-0.15, -0.1) is 0 Å². The van der Waals surface area contributed by atoms with Crippen molar-refractivity contribution < 1.29 is 22.7 Å². The second-order valence-corrected chi connectivity index (χ2v) is 14.6. The van der Waals surface area contributed by atoms with E-state index in [1.807, 2.05) is 67.6 Å². The second-order valence-electron chi connectivity index (χ2n) is 11.8. The standard InChI is InChI=1S/C37H40BrN3O5S/c1-27-20-21-35(46-2)33(22-27)41(47(44,45)32-18-7-4-8-19-32)26-36(42)40(25-29-14-11-15-30(38)23-29)34(24-28-12-5-3-6-13-28)37(43)39-31-16-9-10-17-31/h3-8,11-15,18-23,31,34H,9-10,16-17,24-26H2,1-2H3,(H,39,43)/t34-/m0/s1. The number of carbonyl (C=O) groups is 2. The zero-order valence-electron chi connectivity index (χ0n) is 26.6. The normalized spacial score (nSPS) is 13.9. The van der Waals surface area contributed by atoms with E-state index in [2.05, 4.69) is 21.2 Å². The third kappa shape index (κ3) is 8.61. The lowest BCUT2D eigenvalue weighted by Gasteiger charge is -2.34. The fourth-order valence-electron chi connectivity index (χ4n) is 5.98. The van der Waals surface area contributed by atoms with Crippen LogP contribution in [0.3, 0.4) is 0 Å². The Morgan fingerprint density at radius 1 is 0.894 bits per heavy atom. The van der Waals surface area contributed by atoms with Crippen molar-refractivity contribution >= 4 is 43.5 Å². The smallest absolute Gasteiger partial charge is 0.264 e. The van der Waals surface area contributed by atoms with Crippen molar-refractivity contribution in [3.05, 3.63) is 124 Å². The Labute approximate surface area is 285 Å². The van der Waals surface area contributed by atoms with Crippen LogP contribution in [0.1, 0.15) is 42.4 Å². The minimum Gasteiger partial charge on any atom is -0.495 e. The highest BCUT2D eigenvalue weighted by atomic mass is 79.9. The first-order valence-electron chi connectivity index (χ1n) is 15.8. The molecule has 1 fully saturated rings. The molecule has 0 saturated heterocycles. The number of amides is 2. The van der Waals surface area contributed by atoms with Crippen LogP contribution in [-0.2, 0) is 32.6 Å². The molecule has 0 radical (unpaired) electrons. The van der Waals surface area contributed by atoms with Crippen molar-refractivity contribution in [2.75, 3.05) is 18.0 Å². The summed E-state index contributed by atoms with van der Waals surface area (Å²) < 4.78 is 36.2. The Kier molecular flexibility index (Phi) is 11.4. The molecule has 246 valence electrons. The Morgan fingerprint density at radius 2 is 1.55 bits per heavy atom. The number of sulfonamides is 1. The lowest BCUT2D eigenvalue weighted by molar-refractivity contribution is -0.140. The molecule has 0 aliphatic heterocycles. The van der Waals surface area contributed by atoms with Gasteiger partial charge in [0.05, 0.1) is 17.7 Å². The van der Waals surface area contributed by atoms with Gasteiger partial charge in [-0.25, -0.2) is 8.42 Å². The average Bonchev–Trinajstić information content (AvgIpc) is 3.59. The van der Waals surface area contributed by atoms with E-state index >= 15 is 0 Å². The fraction of sp³-hybridized carbons (Fsp3) is 0.297. The van der Waals surface area contributed by atoms with Gasteiger partial charge in [0.2, 0.25) is 11.8 Å². The molecule has 5 rings (SSSR count). The molecule has 4 aromatic rings. The van der Waals surface area contributed by atoms with E-state index in [4.69, 9.17) is 4.74 Å². The zero-order chi connectivity index (χ0) is 33.4. The summed E-state index contributed by atoms with van der Waals surface area (Å²) in [5, 5.41) is 3.20. The van der Waals surface area contributed by atoms with Crippen LogP contribution in [0.25, 0.3) is 0 Å². The first-order valence-corrected chi connectivity index (χ1v) is 18.0. The maximum Gasteiger partial charge on any atom is 0.264 e. The van der Waals surface area contributed by atoms with Crippen LogP contribution >= 0.6 is 15.9 Å². The average molecular weight is 719 g/mol. The molecule has 0 unspecified atom stereocenters. The molecule has 0 spiro atoms. The Hall–Kier alpha value is -4.15. The molecule has 0 heterocycles. The molecule has 47 heavy (non-hydrogen) atoms. The van der Waals surface area contributed by atoms with Gasteiger partial charge in [0.15, 0.2) is 0 Å². The maximum atomic E-state index is 14.7. The van der Waals surface area contributed by atoms with Crippen LogP contribution in [0.4, 0.5) is 5.69 Å². The lowest BCUT2D eigenvalue weighted by Crippen LogP contribution is -2.54. The number of aryl methyl sites for hydroxylation is 1. The minimum absolute atomic E-state index is 0.0368. The summed E-state index contributed by atoms with van der Waals surface area (Å²) in [5.74, 6) is -0.466. The Balaban J connectivity index is 1.60. The summed E-state index contributed by atoms with van der Waals surface area (Å²) in [6.07, 6.45) is 4.12. The van der Waals surface area contributed by atoms with Gasteiger partial charge in [-0.05, 0) is 72.9 Å². The number of nitrogens with zero attached hydrogens (tertiary/aromatic N) is 2. The Bertz CT molecular complexity index is 1780. The molecule has 4 aromatic carbocycles. The highest BCUT2D eigenvalue weighted by Gasteiger charge is 2.36. The van der Waals surface area contributed by atoms with Crippen molar-refractivity contribution in [1.82, 2.24) is 10.2 Å². The van der Waals surface area contributed by atoms with Gasteiger partial charge in [-0.3, -0.25) is 13.9 Å². The number of benzene rings is 4. The largest absolute Gasteiger partial charge is 0.495 e. The third-order valence-electron chi connectivity index (χ3n) is 8.43. The van der Waals surface area contributed by atoms with E-state index < -0.39 is 28.5 Å². The minimum atomic E-state index is -4.24. The SMILES string of the molecule is COc1ccc(C)cc1N(CC(=O)N(Cc1cccc(Br)c1)[C@@H](Cc1ccccc1)C(=O)NC1CCCC1)S(=O)(=O)c1ccccc1. The highest BCUT2D eigenvalue weighted by molar-refractivity contribution is 9.10. The number of hydrogen-bond acceptors (Lipinski definition) is 5. The van der Waals surface area contributed by atoms with E-state index in [0.29, 0.717) is 5.75 Å². The van der Waals surface area contributed by atoms with E-state index in [1.54, 1.807) is 30.3 Å². The predicted molar refractivity (Wildman–Crippen MR) is 188 cm³/mol. The van der Waals surface area contributed by atoms with Crippen molar-refractivity contribution in [3.63, 3.8) is 0 Å². The Morgan fingerprint density at radius 3 is 2.21 bits per heavy atom. The molecule has 0 bridgehead atoms. The van der Waals surface area contributed by atoms with Crippen LogP contribution in [0.5, 0.6) is 5.75 Å². The van der Waals surface area contributed by atoms with Gasteiger partial charge >= 0.3 is 0 Å². The molecule has 1 atom stereocenters. The summed E-state index contributed by atoms with van der Waals surface area (Å²) in [7, 11) is -2.77. The van der Waals surface area contributed by atoms with E-state index in [-0.39, 0.29) is 35.5 Å².